The molecular weight excluding hydrogens is 278 g/mol. The summed E-state index contributed by atoms with van der Waals surface area (Å²) in [7, 11) is 0. The van der Waals surface area contributed by atoms with Crippen molar-refractivity contribution < 1.29 is 14.3 Å². The molecule has 0 saturated carbocycles. The minimum atomic E-state index is -0.261. The molecule has 0 unspecified atom stereocenters. The Morgan fingerprint density at radius 2 is 1.68 bits per heavy atom. The Hall–Kier alpha value is -2.62. The third-order valence-corrected chi connectivity index (χ3v) is 3.31. The van der Waals surface area contributed by atoms with Crippen LogP contribution in [0, 0.1) is 13.8 Å². The number of hydrogen-bond donors (Lipinski definition) is 1. The van der Waals surface area contributed by atoms with E-state index in [1.165, 1.54) is 6.92 Å². The summed E-state index contributed by atoms with van der Waals surface area (Å²) < 4.78 is 5.60. The van der Waals surface area contributed by atoms with E-state index in [1.807, 2.05) is 32.0 Å². The van der Waals surface area contributed by atoms with E-state index in [0.717, 1.165) is 16.9 Å². The number of ketones is 1. The number of Topliss-reactive ketones (excluding diaryl/α,β-unsaturated/α-hetero) is 1. The molecule has 4 nitrogen and oxygen atoms in total. The minimum Gasteiger partial charge on any atom is -0.483 e. The third kappa shape index (κ3) is 3.95. The standard InChI is InChI=1S/C18H19NO3/c1-12-6-4-7-13(2)18(12)22-11-17(21)19-16-9-5-8-15(10-16)14(3)20/h4-10H,11H2,1-3H3,(H,19,21). The molecule has 22 heavy (non-hydrogen) atoms. The molecule has 2 aromatic carbocycles. The number of carbonyl (C=O) groups is 2. The lowest BCUT2D eigenvalue weighted by Gasteiger charge is -2.12. The summed E-state index contributed by atoms with van der Waals surface area (Å²) in [5, 5.41) is 2.73. The van der Waals surface area contributed by atoms with Gasteiger partial charge in [0.2, 0.25) is 0 Å². The molecule has 0 heterocycles. The van der Waals surface area contributed by atoms with Crippen molar-refractivity contribution in [3.8, 4) is 5.75 Å². The zero-order valence-corrected chi connectivity index (χ0v) is 13.0. The van der Waals surface area contributed by atoms with E-state index >= 15 is 0 Å². The predicted octanol–water partition coefficient (Wildman–Crippen LogP) is 3.52. The first-order valence-corrected chi connectivity index (χ1v) is 7.07. The average Bonchev–Trinajstić information content (AvgIpc) is 2.47. The van der Waals surface area contributed by atoms with Gasteiger partial charge in [-0.15, -0.1) is 0 Å². The summed E-state index contributed by atoms with van der Waals surface area (Å²) >= 11 is 0. The lowest BCUT2D eigenvalue weighted by Crippen LogP contribution is -2.20. The van der Waals surface area contributed by atoms with Gasteiger partial charge in [0, 0.05) is 11.3 Å². The Labute approximate surface area is 130 Å². The van der Waals surface area contributed by atoms with Gasteiger partial charge in [-0.25, -0.2) is 0 Å². The molecule has 4 heteroatoms. The summed E-state index contributed by atoms with van der Waals surface area (Å²) in [4.78, 5) is 23.3. The van der Waals surface area contributed by atoms with Crippen molar-refractivity contribution in [2.75, 3.05) is 11.9 Å². The van der Waals surface area contributed by atoms with Crippen molar-refractivity contribution in [3.05, 3.63) is 59.2 Å². The lowest BCUT2D eigenvalue weighted by atomic mass is 10.1. The largest absolute Gasteiger partial charge is 0.483 e. The molecule has 0 aromatic heterocycles. The first kappa shape index (κ1) is 15.8. The van der Waals surface area contributed by atoms with Crippen LogP contribution < -0.4 is 10.1 Å². The minimum absolute atomic E-state index is 0.0390. The van der Waals surface area contributed by atoms with E-state index in [4.69, 9.17) is 4.74 Å². The van der Waals surface area contributed by atoms with Gasteiger partial charge in [0.25, 0.3) is 5.91 Å². The molecular formula is C18H19NO3. The van der Waals surface area contributed by atoms with Crippen molar-refractivity contribution in [1.82, 2.24) is 0 Å². The summed E-state index contributed by atoms with van der Waals surface area (Å²) in [6.07, 6.45) is 0. The van der Waals surface area contributed by atoms with Gasteiger partial charge in [0.05, 0.1) is 0 Å². The molecule has 114 valence electrons. The number of carbonyl (C=O) groups excluding carboxylic acids is 2. The zero-order valence-electron chi connectivity index (χ0n) is 13.0. The number of nitrogens with one attached hydrogen (secondary N) is 1. The van der Waals surface area contributed by atoms with Crippen LogP contribution in [-0.2, 0) is 4.79 Å². The Bertz CT molecular complexity index is 687. The van der Waals surface area contributed by atoms with E-state index in [-0.39, 0.29) is 18.3 Å². The number of aryl methyl sites for hydroxylation is 2. The second kappa shape index (κ2) is 6.89. The Balaban J connectivity index is 1.99. The average molecular weight is 297 g/mol. The molecule has 1 amide bonds. The van der Waals surface area contributed by atoms with Gasteiger partial charge in [-0.05, 0) is 44.0 Å². The molecule has 0 aliphatic carbocycles. The second-order valence-electron chi connectivity index (χ2n) is 5.19. The maximum absolute atomic E-state index is 12.0. The van der Waals surface area contributed by atoms with Crippen molar-refractivity contribution >= 4 is 17.4 Å². The van der Waals surface area contributed by atoms with Crippen molar-refractivity contribution in [2.45, 2.75) is 20.8 Å². The predicted molar refractivity (Wildman–Crippen MR) is 86.5 cm³/mol. The maximum atomic E-state index is 12.0. The molecule has 1 N–H and O–H groups in total. The quantitative estimate of drug-likeness (QED) is 0.859. The molecule has 2 aromatic rings. The lowest BCUT2D eigenvalue weighted by molar-refractivity contribution is -0.118. The summed E-state index contributed by atoms with van der Waals surface area (Å²) in [6, 6.07) is 12.7. The SMILES string of the molecule is CC(=O)c1cccc(NC(=O)COc2c(C)cccc2C)c1. The van der Waals surface area contributed by atoms with Gasteiger partial charge in [-0.1, -0.05) is 30.3 Å². The smallest absolute Gasteiger partial charge is 0.262 e. The van der Waals surface area contributed by atoms with Crippen LogP contribution in [0.15, 0.2) is 42.5 Å². The topological polar surface area (TPSA) is 55.4 Å². The zero-order chi connectivity index (χ0) is 16.1. The fraction of sp³-hybridized carbons (Fsp3) is 0.222. The normalized spacial score (nSPS) is 10.1. The van der Waals surface area contributed by atoms with Crippen LogP contribution in [-0.4, -0.2) is 18.3 Å². The summed E-state index contributed by atoms with van der Waals surface area (Å²) in [5.74, 6) is 0.432. The van der Waals surface area contributed by atoms with Crippen LogP contribution in [0.4, 0.5) is 5.69 Å². The first-order chi connectivity index (χ1) is 10.5. The highest BCUT2D eigenvalue weighted by atomic mass is 16.5. The van der Waals surface area contributed by atoms with Gasteiger partial charge in [0.15, 0.2) is 12.4 Å². The maximum Gasteiger partial charge on any atom is 0.262 e. The molecule has 0 bridgehead atoms. The Morgan fingerprint density at radius 3 is 2.32 bits per heavy atom. The number of anilines is 1. The molecule has 0 saturated heterocycles. The fourth-order valence-corrected chi connectivity index (χ4v) is 2.18. The van der Waals surface area contributed by atoms with Crippen molar-refractivity contribution in [1.29, 1.82) is 0 Å². The van der Waals surface area contributed by atoms with E-state index in [9.17, 15) is 9.59 Å². The second-order valence-corrected chi connectivity index (χ2v) is 5.19. The van der Waals surface area contributed by atoms with Crippen LogP contribution in [0.2, 0.25) is 0 Å². The summed E-state index contributed by atoms with van der Waals surface area (Å²) in [5.41, 5.74) is 3.13. The molecule has 0 radical (unpaired) electrons. The first-order valence-electron chi connectivity index (χ1n) is 7.07. The number of para-hydroxylation sites is 1. The monoisotopic (exact) mass is 297 g/mol. The van der Waals surface area contributed by atoms with E-state index in [0.29, 0.717) is 11.3 Å². The van der Waals surface area contributed by atoms with E-state index in [2.05, 4.69) is 5.32 Å². The van der Waals surface area contributed by atoms with E-state index < -0.39 is 0 Å². The van der Waals surface area contributed by atoms with Crippen molar-refractivity contribution in [2.24, 2.45) is 0 Å². The molecule has 0 spiro atoms. The highest BCUT2D eigenvalue weighted by Gasteiger charge is 2.08. The number of rotatable bonds is 5. The van der Waals surface area contributed by atoms with E-state index in [1.54, 1.807) is 24.3 Å². The van der Waals surface area contributed by atoms with Gasteiger partial charge in [0.1, 0.15) is 5.75 Å². The van der Waals surface area contributed by atoms with Gasteiger partial charge in [-0.3, -0.25) is 9.59 Å². The Morgan fingerprint density at radius 1 is 1.05 bits per heavy atom. The molecule has 2 rings (SSSR count). The summed E-state index contributed by atoms with van der Waals surface area (Å²) in [6.45, 7) is 5.30. The van der Waals surface area contributed by atoms with Crippen LogP contribution in [0.1, 0.15) is 28.4 Å². The van der Waals surface area contributed by atoms with Gasteiger partial charge >= 0.3 is 0 Å². The molecule has 0 aliphatic rings. The van der Waals surface area contributed by atoms with Crippen LogP contribution in [0.25, 0.3) is 0 Å². The number of ether oxygens (including phenoxy) is 1. The van der Waals surface area contributed by atoms with Gasteiger partial charge < -0.3 is 10.1 Å². The van der Waals surface area contributed by atoms with Crippen LogP contribution in [0.3, 0.4) is 0 Å². The van der Waals surface area contributed by atoms with Gasteiger partial charge in [-0.2, -0.15) is 0 Å². The molecule has 0 atom stereocenters. The third-order valence-electron chi connectivity index (χ3n) is 3.31. The Kier molecular flexibility index (Phi) is 4.94. The molecule has 0 aliphatic heterocycles. The highest BCUT2D eigenvalue weighted by molar-refractivity contribution is 5.97. The fourth-order valence-electron chi connectivity index (χ4n) is 2.18. The number of amides is 1. The number of benzene rings is 2. The van der Waals surface area contributed by atoms with Crippen LogP contribution >= 0.6 is 0 Å². The van der Waals surface area contributed by atoms with Crippen molar-refractivity contribution in [3.63, 3.8) is 0 Å². The van der Waals surface area contributed by atoms with Crippen LogP contribution in [0.5, 0.6) is 5.75 Å². The number of hydrogen-bond acceptors (Lipinski definition) is 3. The molecule has 0 fully saturated rings. The highest BCUT2D eigenvalue weighted by Crippen LogP contribution is 2.22.